The van der Waals surface area contributed by atoms with Crippen molar-refractivity contribution in [1.82, 2.24) is 19.8 Å². The zero-order valence-corrected chi connectivity index (χ0v) is 15.4. The second-order valence-corrected chi connectivity index (χ2v) is 7.10. The molecule has 2 aromatic heterocycles. The van der Waals surface area contributed by atoms with Crippen LogP contribution in [-0.2, 0) is 13.1 Å². The van der Waals surface area contributed by atoms with Crippen LogP contribution in [0.2, 0.25) is 0 Å². The van der Waals surface area contributed by atoms with E-state index in [0.717, 1.165) is 43.9 Å². The van der Waals surface area contributed by atoms with Crippen LogP contribution in [0.15, 0.2) is 67.0 Å². The van der Waals surface area contributed by atoms with Crippen molar-refractivity contribution in [3.8, 4) is 5.82 Å². The smallest absolute Gasteiger partial charge is 0.136 e. The molecule has 0 unspecified atom stereocenters. The molecule has 1 aromatic carbocycles. The number of nitrogens with zero attached hydrogens (tertiary/aromatic N) is 3. The van der Waals surface area contributed by atoms with Crippen LogP contribution in [0.5, 0.6) is 0 Å². The third-order valence-electron chi connectivity index (χ3n) is 5.16. The molecule has 0 bridgehead atoms. The lowest BCUT2D eigenvalue weighted by Gasteiger charge is -2.33. The Bertz CT molecular complexity index is 862. The quantitative estimate of drug-likeness (QED) is 0.723. The fourth-order valence-corrected chi connectivity index (χ4v) is 3.76. The number of halogens is 1. The van der Waals surface area contributed by atoms with Crippen LogP contribution < -0.4 is 5.32 Å². The van der Waals surface area contributed by atoms with Gasteiger partial charge in [0.1, 0.15) is 11.6 Å². The average molecular weight is 364 g/mol. The summed E-state index contributed by atoms with van der Waals surface area (Å²) in [7, 11) is 0. The van der Waals surface area contributed by atoms with Gasteiger partial charge in [-0.1, -0.05) is 24.3 Å². The molecule has 1 N–H and O–H groups in total. The summed E-state index contributed by atoms with van der Waals surface area (Å²) in [5.74, 6) is 0.824. The van der Waals surface area contributed by atoms with E-state index >= 15 is 0 Å². The molecule has 1 aliphatic rings. The predicted octanol–water partition coefficient (Wildman–Crippen LogP) is 3.77. The second kappa shape index (κ2) is 8.46. The number of nitrogens with one attached hydrogen (secondary N) is 1. The highest BCUT2D eigenvalue weighted by Crippen LogP contribution is 2.17. The van der Waals surface area contributed by atoms with Gasteiger partial charge in [0, 0.05) is 49.3 Å². The first kappa shape index (κ1) is 17.9. The number of pyridine rings is 1. The van der Waals surface area contributed by atoms with Gasteiger partial charge in [0.05, 0.1) is 0 Å². The highest BCUT2D eigenvalue weighted by atomic mass is 19.1. The number of benzene rings is 1. The van der Waals surface area contributed by atoms with E-state index in [-0.39, 0.29) is 5.82 Å². The van der Waals surface area contributed by atoms with Crippen molar-refractivity contribution in [3.63, 3.8) is 0 Å². The first-order valence-electron chi connectivity index (χ1n) is 9.56. The average Bonchev–Trinajstić information content (AvgIpc) is 3.18. The Hall–Kier alpha value is -2.50. The van der Waals surface area contributed by atoms with Gasteiger partial charge in [-0.25, -0.2) is 9.37 Å². The van der Waals surface area contributed by atoms with E-state index < -0.39 is 0 Å². The van der Waals surface area contributed by atoms with Gasteiger partial charge in [0.2, 0.25) is 0 Å². The molecule has 3 aromatic rings. The predicted molar refractivity (Wildman–Crippen MR) is 105 cm³/mol. The normalized spacial score (nSPS) is 17.9. The van der Waals surface area contributed by atoms with Crippen LogP contribution in [0.4, 0.5) is 4.39 Å². The van der Waals surface area contributed by atoms with Gasteiger partial charge in [0.25, 0.3) is 0 Å². The number of aromatic nitrogens is 2. The molecule has 4 nitrogen and oxygen atoms in total. The van der Waals surface area contributed by atoms with Crippen LogP contribution in [0.3, 0.4) is 0 Å². The summed E-state index contributed by atoms with van der Waals surface area (Å²) in [4.78, 5) is 6.78. The molecule has 5 heteroatoms. The van der Waals surface area contributed by atoms with E-state index in [1.807, 2.05) is 42.7 Å². The molecule has 1 fully saturated rings. The SMILES string of the molecule is Fc1ccccc1CN1CCC[C@@H](NCc2cccn2-c2ccccn2)C1. The van der Waals surface area contributed by atoms with E-state index in [4.69, 9.17) is 0 Å². The van der Waals surface area contributed by atoms with Gasteiger partial charge >= 0.3 is 0 Å². The van der Waals surface area contributed by atoms with E-state index in [9.17, 15) is 4.39 Å². The topological polar surface area (TPSA) is 33.1 Å². The van der Waals surface area contributed by atoms with Crippen molar-refractivity contribution < 1.29 is 4.39 Å². The summed E-state index contributed by atoms with van der Waals surface area (Å²) in [6, 6.07) is 17.6. The fraction of sp³-hybridized carbons (Fsp3) is 0.318. The van der Waals surface area contributed by atoms with Gasteiger partial charge in [-0.3, -0.25) is 4.90 Å². The van der Waals surface area contributed by atoms with Crippen molar-refractivity contribution in [1.29, 1.82) is 0 Å². The summed E-state index contributed by atoms with van der Waals surface area (Å²) in [6.07, 6.45) is 6.14. The maximum Gasteiger partial charge on any atom is 0.136 e. The number of rotatable bonds is 6. The maximum atomic E-state index is 13.9. The Morgan fingerprint density at radius 2 is 1.96 bits per heavy atom. The first-order chi connectivity index (χ1) is 13.3. The largest absolute Gasteiger partial charge is 0.307 e. The highest BCUT2D eigenvalue weighted by molar-refractivity contribution is 5.27. The first-order valence-corrected chi connectivity index (χ1v) is 9.56. The minimum Gasteiger partial charge on any atom is -0.307 e. The summed E-state index contributed by atoms with van der Waals surface area (Å²) in [5, 5.41) is 3.68. The Morgan fingerprint density at radius 1 is 1.07 bits per heavy atom. The van der Waals surface area contributed by atoms with Gasteiger partial charge < -0.3 is 9.88 Å². The van der Waals surface area contributed by atoms with Crippen molar-refractivity contribution in [3.05, 3.63) is 84.1 Å². The van der Waals surface area contributed by atoms with Gasteiger partial charge in [0.15, 0.2) is 0 Å². The van der Waals surface area contributed by atoms with E-state index in [1.165, 1.54) is 5.69 Å². The Kier molecular flexibility index (Phi) is 5.61. The van der Waals surface area contributed by atoms with Crippen LogP contribution in [-0.4, -0.2) is 33.6 Å². The lowest BCUT2D eigenvalue weighted by molar-refractivity contribution is 0.180. The van der Waals surface area contributed by atoms with Crippen molar-refractivity contribution in [2.24, 2.45) is 0 Å². The minimum atomic E-state index is -0.110. The summed E-state index contributed by atoms with van der Waals surface area (Å²) >= 11 is 0. The van der Waals surface area contributed by atoms with Crippen molar-refractivity contribution >= 4 is 0 Å². The van der Waals surface area contributed by atoms with E-state index in [1.54, 1.807) is 12.1 Å². The number of likely N-dealkylation sites (tertiary alicyclic amines) is 1. The van der Waals surface area contributed by atoms with Gasteiger partial charge in [-0.15, -0.1) is 0 Å². The molecule has 3 heterocycles. The monoisotopic (exact) mass is 364 g/mol. The standard InChI is InChI=1S/C22H25FN4/c23-21-10-2-1-7-18(21)16-26-13-5-8-19(17-26)25-15-20-9-6-14-27(20)22-11-3-4-12-24-22/h1-4,6-7,9-12,14,19,25H,5,8,13,15-17H2/t19-/m1/s1. The molecule has 1 aliphatic heterocycles. The number of hydrogen-bond donors (Lipinski definition) is 1. The van der Waals surface area contributed by atoms with Crippen LogP contribution in [0, 0.1) is 5.82 Å². The van der Waals surface area contributed by atoms with E-state index in [0.29, 0.717) is 12.6 Å². The summed E-state index contributed by atoms with van der Waals surface area (Å²) < 4.78 is 16.0. The van der Waals surface area contributed by atoms with Crippen molar-refractivity contribution in [2.45, 2.75) is 32.0 Å². The highest BCUT2D eigenvalue weighted by Gasteiger charge is 2.20. The molecule has 0 amide bonds. The van der Waals surface area contributed by atoms with E-state index in [2.05, 4.69) is 31.9 Å². The van der Waals surface area contributed by atoms with Gasteiger partial charge in [-0.05, 0) is 49.7 Å². The van der Waals surface area contributed by atoms with Crippen LogP contribution in [0.25, 0.3) is 5.82 Å². The molecular formula is C22H25FN4. The Labute approximate surface area is 159 Å². The molecular weight excluding hydrogens is 339 g/mol. The summed E-state index contributed by atoms with van der Waals surface area (Å²) in [6.45, 7) is 3.44. The lowest BCUT2D eigenvalue weighted by atomic mass is 10.0. The second-order valence-electron chi connectivity index (χ2n) is 7.10. The fourth-order valence-electron chi connectivity index (χ4n) is 3.76. The lowest BCUT2D eigenvalue weighted by Crippen LogP contribution is -2.45. The van der Waals surface area contributed by atoms with Gasteiger partial charge in [-0.2, -0.15) is 0 Å². The van der Waals surface area contributed by atoms with Crippen molar-refractivity contribution in [2.75, 3.05) is 13.1 Å². The number of hydrogen-bond acceptors (Lipinski definition) is 3. The molecule has 0 spiro atoms. The maximum absolute atomic E-state index is 13.9. The molecule has 0 aliphatic carbocycles. The Morgan fingerprint density at radius 3 is 2.81 bits per heavy atom. The molecule has 27 heavy (non-hydrogen) atoms. The molecule has 4 rings (SSSR count). The molecule has 140 valence electrons. The molecule has 0 radical (unpaired) electrons. The zero-order chi connectivity index (χ0) is 18.5. The van der Waals surface area contributed by atoms with Crippen LogP contribution in [0.1, 0.15) is 24.1 Å². The van der Waals surface area contributed by atoms with Crippen LogP contribution >= 0.6 is 0 Å². The summed E-state index contributed by atoms with van der Waals surface area (Å²) in [5.41, 5.74) is 1.97. The molecule has 1 saturated heterocycles. The molecule has 1 atom stereocenters. The number of piperidine rings is 1. The third kappa shape index (κ3) is 4.43. The zero-order valence-electron chi connectivity index (χ0n) is 15.4. The third-order valence-corrected chi connectivity index (χ3v) is 5.16. The minimum absolute atomic E-state index is 0.110. The Balaban J connectivity index is 1.35. The molecule has 0 saturated carbocycles.